The van der Waals surface area contributed by atoms with E-state index in [4.69, 9.17) is 4.52 Å². The molecule has 10 heteroatoms. The quantitative estimate of drug-likeness (QED) is 0.249. The van der Waals surface area contributed by atoms with Gasteiger partial charge in [0, 0.05) is 59.7 Å². The molecule has 1 aromatic carbocycles. The second-order valence-electron chi connectivity index (χ2n) is 11.8. The van der Waals surface area contributed by atoms with Gasteiger partial charge in [0.15, 0.2) is 5.69 Å². The lowest BCUT2D eigenvalue weighted by Crippen LogP contribution is -2.42. The highest BCUT2D eigenvalue weighted by Gasteiger charge is 2.44. The van der Waals surface area contributed by atoms with Gasteiger partial charge in [0.2, 0.25) is 0 Å². The van der Waals surface area contributed by atoms with Crippen LogP contribution in [0.5, 0.6) is 5.75 Å². The van der Waals surface area contributed by atoms with Gasteiger partial charge in [-0.05, 0) is 86.3 Å². The van der Waals surface area contributed by atoms with Crippen LogP contribution in [0.2, 0.25) is 0 Å². The number of allylic oxidation sites excluding steroid dienone is 2. The van der Waals surface area contributed by atoms with Crippen molar-refractivity contribution in [3.05, 3.63) is 70.9 Å². The molecule has 0 bridgehead atoms. The standard InChI is InChI=1S/C32H30F2N4O4/c1-17-15-35-16-18(2)26(17)28-27(29(42-37-28)19-3-4-19)20-13-32(14-20)7-9-38(10-8-32)21-5-6-23-22(11-21)25(41-31(33)34)12-24(36-23)30(39)40/h5-6,11-13,15-16,19,31H,3-4,7-10,14H2,1-2H3,(H,39,40). The first kappa shape index (κ1) is 26.6. The monoisotopic (exact) mass is 572 g/mol. The van der Waals surface area contributed by atoms with Crippen LogP contribution in [0.4, 0.5) is 14.5 Å². The van der Waals surface area contributed by atoms with Gasteiger partial charge < -0.3 is 19.3 Å². The van der Waals surface area contributed by atoms with Gasteiger partial charge in [0.25, 0.3) is 0 Å². The van der Waals surface area contributed by atoms with Crippen LogP contribution in [-0.2, 0) is 0 Å². The molecular weight excluding hydrogens is 542 g/mol. The third kappa shape index (κ3) is 4.59. The number of fused-ring (bicyclic) bond motifs is 1. The van der Waals surface area contributed by atoms with Crippen molar-refractivity contribution in [1.29, 1.82) is 0 Å². The van der Waals surface area contributed by atoms with E-state index in [1.165, 1.54) is 5.57 Å². The Kier molecular flexibility index (Phi) is 6.25. The zero-order valence-electron chi connectivity index (χ0n) is 23.4. The molecule has 2 aliphatic carbocycles. The predicted molar refractivity (Wildman–Crippen MR) is 153 cm³/mol. The van der Waals surface area contributed by atoms with E-state index in [1.54, 1.807) is 12.1 Å². The van der Waals surface area contributed by atoms with E-state index in [-0.39, 0.29) is 16.9 Å². The number of anilines is 1. The first-order chi connectivity index (χ1) is 20.2. The molecule has 8 nitrogen and oxygen atoms in total. The van der Waals surface area contributed by atoms with Crippen molar-refractivity contribution in [1.82, 2.24) is 15.1 Å². The molecule has 1 spiro atoms. The molecular formula is C32H30F2N4O4. The van der Waals surface area contributed by atoms with Crippen molar-refractivity contribution >= 4 is 28.1 Å². The number of benzene rings is 1. The van der Waals surface area contributed by atoms with Crippen LogP contribution in [0.25, 0.3) is 27.7 Å². The summed E-state index contributed by atoms with van der Waals surface area (Å²) in [4.78, 5) is 22.1. The van der Waals surface area contributed by atoms with Gasteiger partial charge >= 0.3 is 12.6 Å². The molecule has 216 valence electrons. The third-order valence-electron chi connectivity index (χ3n) is 8.89. The van der Waals surface area contributed by atoms with E-state index in [0.717, 1.165) is 90.7 Å². The lowest BCUT2D eigenvalue weighted by molar-refractivity contribution is -0.0489. The Morgan fingerprint density at radius 2 is 1.83 bits per heavy atom. The van der Waals surface area contributed by atoms with Gasteiger partial charge in [-0.25, -0.2) is 9.78 Å². The van der Waals surface area contributed by atoms with Crippen LogP contribution in [0.1, 0.15) is 71.0 Å². The molecule has 3 aliphatic rings. The predicted octanol–water partition coefficient (Wildman–Crippen LogP) is 7.15. The molecule has 4 heterocycles. The Balaban J connectivity index is 1.14. The van der Waals surface area contributed by atoms with Crippen molar-refractivity contribution in [2.45, 2.75) is 58.5 Å². The summed E-state index contributed by atoms with van der Waals surface area (Å²) in [5.41, 5.74) is 7.58. The molecule has 0 atom stereocenters. The maximum Gasteiger partial charge on any atom is 0.387 e. The first-order valence-corrected chi connectivity index (χ1v) is 14.2. The summed E-state index contributed by atoms with van der Waals surface area (Å²) < 4.78 is 36.9. The number of halogens is 2. The van der Waals surface area contributed by atoms with Crippen LogP contribution >= 0.6 is 0 Å². The average molecular weight is 573 g/mol. The van der Waals surface area contributed by atoms with Crippen LogP contribution in [0, 0.1) is 19.3 Å². The number of rotatable bonds is 7. The Hall–Kier alpha value is -4.34. The molecule has 3 aromatic heterocycles. The summed E-state index contributed by atoms with van der Waals surface area (Å²) in [5.74, 6) is -0.0411. The summed E-state index contributed by atoms with van der Waals surface area (Å²) in [6.45, 7) is 2.65. The fourth-order valence-electron chi connectivity index (χ4n) is 6.58. The van der Waals surface area contributed by atoms with Gasteiger partial charge in [-0.1, -0.05) is 11.2 Å². The molecule has 7 rings (SSSR count). The summed E-state index contributed by atoms with van der Waals surface area (Å²) in [6, 6.07) is 6.34. The lowest BCUT2D eigenvalue weighted by atomic mass is 9.63. The van der Waals surface area contributed by atoms with Crippen molar-refractivity contribution in [2.75, 3.05) is 18.0 Å². The topological polar surface area (TPSA) is 102 Å². The van der Waals surface area contributed by atoms with Gasteiger partial charge in [0.1, 0.15) is 17.2 Å². The summed E-state index contributed by atoms with van der Waals surface area (Å²) in [7, 11) is 0. The van der Waals surface area contributed by atoms with Gasteiger partial charge in [0.05, 0.1) is 5.52 Å². The fraction of sp³-hybridized carbons (Fsp3) is 0.375. The highest BCUT2D eigenvalue weighted by Crippen LogP contribution is 2.56. The normalized spacial score (nSPS) is 17.9. The van der Waals surface area contributed by atoms with Crippen LogP contribution in [-0.4, -0.2) is 45.9 Å². The summed E-state index contributed by atoms with van der Waals surface area (Å²) in [5, 5.41) is 14.3. The minimum absolute atomic E-state index is 0.0995. The number of piperidine rings is 1. The van der Waals surface area contributed by atoms with Crippen LogP contribution in [0.15, 0.2) is 47.3 Å². The molecule has 1 N–H and O–H groups in total. The van der Waals surface area contributed by atoms with Crippen molar-refractivity contribution in [3.63, 3.8) is 0 Å². The van der Waals surface area contributed by atoms with Crippen molar-refractivity contribution in [2.24, 2.45) is 5.41 Å². The number of carboxylic acid groups (broad SMARTS) is 1. The van der Waals surface area contributed by atoms with E-state index in [9.17, 15) is 18.7 Å². The van der Waals surface area contributed by atoms with Crippen LogP contribution in [0.3, 0.4) is 0 Å². The Morgan fingerprint density at radius 3 is 2.48 bits per heavy atom. The van der Waals surface area contributed by atoms with E-state index in [0.29, 0.717) is 16.8 Å². The smallest absolute Gasteiger partial charge is 0.387 e. The zero-order chi connectivity index (χ0) is 29.2. The second-order valence-corrected chi connectivity index (χ2v) is 11.8. The van der Waals surface area contributed by atoms with E-state index in [2.05, 4.69) is 44.7 Å². The van der Waals surface area contributed by atoms with Crippen molar-refractivity contribution < 1.29 is 27.9 Å². The number of carboxylic acids is 1. The number of ether oxygens (including phenoxy) is 1. The number of nitrogens with zero attached hydrogens (tertiary/aromatic N) is 4. The van der Waals surface area contributed by atoms with Gasteiger partial charge in [-0.3, -0.25) is 4.98 Å². The highest BCUT2D eigenvalue weighted by molar-refractivity contribution is 5.94. The minimum Gasteiger partial charge on any atom is -0.477 e. The number of aromatic nitrogens is 3. The number of alkyl halides is 2. The fourth-order valence-corrected chi connectivity index (χ4v) is 6.58. The van der Waals surface area contributed by atoms with Gasteiger partial charge in [-0.15, -0.1) is 0 Å². The Bertz CT molecular complexity index is 1730. The number of aromatic carboxylic acids is 1. The summed E-state index contributed by atoms with van der Waals surface area (Å²) in [6.07, 6.45) is 11.3. The summed E-state index contributed by atoms with van der Waals surface area (Å²) >= 11 is 0. The van der Waals surface area contributed by atoms with Gasteiger partial charge in [-0.2, -0.15) is 8.78 Å². The molecule has 0 unspecified atom stereocenters. The Morgan fingerprint density at radius 1 is 1.12 bits per heavy atom. The van der Waals surface area contributed by atoms with E-state index < -0.39 is 12.6 Å². The third-order valence-corrected chi connectivity index (χ3v) is 8.89. The van der Waals surface area contributed by atoms with Crippen LogP contribution < -0.4 is 9.64 Å². The molecule has 1 saturated heterocycles. The van der Waals surface area contributed by atoms with E-state index >= 15 is 0 Å². The zero-order valence-corrected chi connectivity index (χ0v) is 23.4. The Labute approximate surface area is 241 Å². The molecule has 4 aromatic rings. The second kappa shape index (κ2) is 9.89. The number of aryl methyl sites for hydroxylation is 2. The number of carbonyl (C=O) groups is 1. The first-order valence-electron chi connectivity index (χ1n) is 14.2. The average Bonchev–Trinajstić information content (AvgIpc) is 3.70. The molecule has 1 aliphatic heterocycles. The number of hydrogen-bond donors (Lipinski definition) is 1. The lowest BCUT2D eigenvalue weighted by Gasteiger charge is -2.47. The maximum atomic E-state index is 13.1. The minimum atomic E-state index is -3.08. The number of pyridine rings is 2. The molecule has 42 heavy (non-hydrogen) atoms. The van der Waals surface area contributed by atoms with E-state index in [1.807, 2.05) is 18.5 Å². The largest absolute Gasteiger partial charge is 0.477 e. The number of hydrogen-bond acceptors (Lipinski definition) is 7. The molecule has 0 amide bonds. The molecule has 0 radical (unpaired) electrons. The SMILES string of the molecule is Cc1cncc(C)c1-c1noc(C2CC2)c1C1=CC2(CCN(c3ccc4nc(C(=O)O)cc(OC(F)F)c4c3)CC2)C1. The highest BCUT2D eigenvalue weighted by atomic mass is 19.3. The molecule has 2 fully saturated rings. The van der Waals surface area contributed by atoms with Crippen molar-refractivity contribution in [3.8, 4) is 17.0 Å². The molecule has 1 saturated carbocycles. The maximum absolute atomic E-state index is 13.1.